The molecular weight excluding hydrogens is 459 g/mol. The molecule has 1 N–H and O–H groups in total. The van der Waals surface area contributed by atoms with Gasteiger partial charge >= 0.3 is 0 Å². The third kappa shape index (κ3) is 5.52. The number of aryl methyl sites for hydroxylation is 1. The number of rotatable bonds is 9. The highest BCUT2D eigenvalue weighted by molar-refractivity contribution is 7.98. The SMILES string of the molecule is C=CCn1c(SCc2nnc(C(=O)NCc3ccc(C)cc3)s2)nnc1-c1ccccc1F. The molecule has 0 aliphatic rings. The van der Waals surface area contributed by atoms with Gasteiger partial charge < -0.3 is 5.32 Å². The first-order valence-corrected chi connectivity index (χ1v) is 11.9. The van der Waals surface area contributed by atoms with Crippen LogP contribution in [0, 0.1) is 12.7 Å². The molecule has 4 rings (SSSR count). The molecule has 2 aromatic carbocycles. The fourth-order valence-electron chi connectivity index (χ4n) is 3.02. The highest BCUT2D eigenvalue weighted by Crippen LogP contribution is 2.28. The third-order valence-corrected chi connectivity index (χ3v) is 6.79. The van der Waals surface area contributed by atoms with Crippen LogP contribution in [-0.2, 0) is 18.8 Å². The summed E-state index contributed by atoms with van der Waals surface area (Å²) in [4.78, 5) is 12.4. The molecule has 2 aromatic heterocycles. The normalized spacial score (nSPS) is 10.8. The number of hydrogen-bond donors (Lipinski definition) is 1. The van der Waals surface area contributed by atoms with Crippen molar-refractivity contribution in [1.82, 2.24) is 30.3 Å². The number of carbonyl (C=O) groups excluding carboxylic acids is 1. The van der Waals surface area contributed by atoms with E-state index in [1.165, 1.54) is 34.7 Å². The molecule has 2 heterocycles. The molecule has 168 valence electrons. The van der Waals surface area contributed by atoms with Gasteiger partial charge in [-0.15, -0.1) is 27.0 Å². The van der Waals surface area contributed by atoms with Crippen molar-refractivity contribution in [2.75, 3.05) is 0 Å². The summed E-state index contributed by atoms with van der Waals surface area (Å²) in [5.41, 5.74) is 2.56. The number of aromatic nitrogens is 5. The number of nitrogens with one attached hydrogen (secondary N) is 1. The van der Waals surface area contributed by atoms with Crippen LogP contribution in [0.15, 0.2) is 66.3 Å². The van der Waals surface area contributed by atoms with Gasteiger partial charge in [-0.3, -0.25) is 9.36 Å². The van der Waals surface area contributed by atoms with Gasteiger partial charge in [0.2, 0.25) is 5.01 Å². The molecule has 4 aromatic rings. The molecule has 0 aliphatic carbocycles. The first kappa shape index (κ1) is 22.8. The van der Waals surface area contributed by atoms with Gasteiger partial charge in [0.05, 0.1) is 11.3 Å². The summed E-state index contributed by atoms with van der Waals surface area (Å²) in [5.74, 6) is 0.261. The predicted molar refractivity (Wildman–Crippen MR) is 127 cm³/mol. The predicted octanol–water partition coefficient (Wildman–Crippen LogP) is 4.65. The van der Waals surface area contributed by atoms with E-state index in [9.17, 15) is 9.18 Å². The zero-order chi connectivity index (χ0) is 23.2. The van der Waals surface area contributed by atoms with Gasteiger partial charge in [0.25, 0.3) is 5.91 Å². The highest BCUT2D eigenvalue weighted by Gasteiger charge is 2.18. The van der Waals surface area contributed by atoms with Crippen molar-refractivity contribution in [3.63, 3.8) is 0 Å². The Balaban J connectivity index is 1.41. The number of allylic oxidation sites excluding steroid dienone is 1. The van der Waals surface area contributed by atoms with Crippen LogP contribution >= 0.6 is 23.1 Å². The van der Waals surface area contributed by atoms with Crippen molar-refractivity contribution in [1.29, 1.82) is 0 Å². The minimum Gasteiger partial charge on any atom is -0.346 e. The minimum absolute atomic E-state index is 0.263. The summed E-state index contributed by atoms with van der Waals surface area (Å²) in [7, 11) is 0. The zero-order valence-electron chi connectivity index (χ0n) is 17.9. The summed E-state index contributed by atoms with van der Waals surface area (Å²) in [5, 5.41) is 21.0. The molecular formula is C23H21FN6OS2. The molecule has 0 aliphatic heterocycles. The monoisotopic (exact) mass is 480 g/mol. The van der Waals surface area contributed by atoms with Crippen LogP contribution in [0.3, 0.4) is 0 Å². The van der Waals surface area contributed by atoms with Crippen LogP contribution in [0.5, 0.6) is 0 Å². The summed E-state index contributed by atoms with van der Waals surface area (Å²) < 4.78 is 16.1. The summed E-state index contributed by atoms with van der Waals surface area (Å²) in [6, 6.07) is 14.4. The smallest absolute Gasteiger partial charge is 0.282 e. The number of halogens is 1. The quantitative estimate of drug-likeness (QED) is 0.277. The third-order valence-electron chi connectivity index (χ3n) is 4.70. The van der Waals surface area contributed by atoms with E-state index in [0.29, 0.717) is 45.4 Å². The summed E-state index contributed by atoms with van der Waals surface area (Å²) >= 11 is 2.62. The fourth-order valence-corrected chi connectivity index (χ4v) is 4.71. The van der Waals surface area contributed by atoms with E-state index in [4.69, 9.17) is 0 Å². The van der Waals surface area contributed by atoms with Crippen molar-refractivity contribution in [2.45, 2.75) is 30.9 Å². The Morgan fingerprint density at radius 3 is 2.70 bits per heavy atom. The molecule has 0 saturated heterocycles. The zero-order valence-corrected chi connectivity index (χ0v) is 19.5. The van der Waals surface area contributed by atoms with Crippen LogP contribution in [0.4, 0.5) is 4.39 Å². The molecule has 0 unspecified atom stereocenters. The van der Waals surface area contributed by atoms with E-state index in [-0.39, 0.29) is 11.7 Å². The van der Waals surface area contributed by atoms with Crippen molar-refractivity contribution in [2.24, 2.45) is 0 Å². The largest absolute Gasteiger partial charge is 0.346 e. The lowest BCUT2D eigenvalue weighted by Gasteiger charge is -2.07. The molecule has 10 heteroatoms. The topological polar surface area (TPSA) is 85.6 Å². The molecule has 0 atom stereocenters. The number of benzene rings is 2. The second-order valence-corrected chi connectivity index (χ2v) is 9.15. The van der Waals surface area contributed by atoms with Gasteiger partial charge in [-0.2, -0.15) is 0 Å². The summed E-state index contributed by atoms with van der Waals surface area (Å²) in [6.07, 6.45) is 1.71. The van der Waals surface area contributed by atoms with Crippen molar-refractivity contribution in [3.05, 3.63) is 88.1 Å². The van der Waals surface area contributed by atoms with Crippen LogP contribution in [-0.4, -0.2) is 30.9 Å². The van der Waals surface area contributed by atoms with E-state index in [2.05, 4.69) is 32.3 Å². The molecule has 0 spiro atoms. The molecule has 1 amide bonds. The Bertz CT molecular complexity index is 1270. The molecule has 7 nitrogen and oxygen atoms in total. The minimum atomic E-state index is -0.364. The average Bonchev–Trinajstić information content (AvgIpc) is 3.45. The van der Waals surface area contributed by atoms with E-state index in [1.54, 1.807) is 28.8 Å². The number of nitrogens with zero attached hydrogens (tertiary/aromatic N) is 5. The Hall–Kier alpha value is -3.37. The van der Waals surface area contributed by atoms with Crippen molar-refractivity contribution in [3.8, 4) is 11.4 Å². The molecule has 0 fully saturated rings. The number of hydrogen-bond acceptors (Lipinski definition) is 7. The number of thioether (sulfide) groups is 1. The second kappa shape index (κ2) is 10.5. The van der Waals surface area contributed by atoms with Gasteiger partial charge in [0, 0.05) is 13.1 Å². The second-order valence-electron chi connectivity index (χ2n) is 7.14. The van der Waals surface area contributed by atoms with Gasteiger partial charge in [-0.25, -0.2) is 4.39 Å². The van der Waals surface area contributed by atoms with Gasteiger partial charge in [-0.05, 0) is 24.6 Å². The Kier molecular flexibility index (Phi) is 7.26. The molecule has 33 heavy (non-hydrogen) atoms. The fraction of sp³-hybridized carbons (Fsp3) is 0.174. The van der Waals surface area contributed by atoms with E-state index in [0.717, 1.165) is 5.56 Å². The maximum Gasteiger partial charge on any atom is 0.282 e. The Labute approximate surface area is 198 Å². The standard InChI is InChI=1S/C23H21FN6OS2/c1-3-12-30-20(17-6-4-5-7-18(17)24)27-29-23(30)32-14-19-26-28-22(33-19)21(31)25-13-16-10-8-15(2)9-11-16/h3-11H,1,12-14H2,2H3,(H,25,31). The van der Waals surface area contributed by atoms with E-state index >= 15 is 0 Å². The van der Waals surface area contributed by atoms with Crippen molar-refractivity contribution < 1.29 is 9.18 Å². The number of carbonyl (C=O) groups is 1. The Morgan fingerprint density at radius 1 is 1.15 bits per heavy atom. The van der Waals surface area contributed by atoms with Gasteiger partial charge in [-0.1, -0.05) is 71.1 Å². The van der Waals surface area contributed by atoms with Crippen LogP contribution in [0.1, 0.15) is 25.9 Å². The van der Waals surface area contributed by atoms with Crippen LogP contribution in [0.25, 0.3) is 11.4 Å². The van der Waals surface area contributed by atoms with E-state index in [1.807, 2.05) is 31.2 Å². The lowest BCUT2D eigenvalue weighted by atomic mass is 10.1. The average molecular weight is 481 g/mol. The van der Waals surface area contributed by atoms with Crippen LogP contribution < -0.4 is 5.32 Å². The maximum atomic E-state index is 14.3. The van der Waals surface area contributed by atoms with E-state index < -0.39 is 0 Å². The van der Waals surface area contributed by atoms with Gasteiger partial charge in [0.15, 0.2) is 11.0 Å². The first-order chi connectivity index (χ1) is 16.0. The first-order valence-electron chi connectivity index (χ1n) is 10.1. The lowest BCUT2D eigenvalue weighted by Crippen LogP contribution is -2.22. The van der Waals surface area contributed by atoms with Crippen molar-refractivity contribution >= 4 is 29.0 Å². The van der Waals surface area contributed by atoms with Crippen LogP contribution in [0.2, 0.25) is 0 Å². The maximum absolute atomic E-state index is 14.3. The Morgan fingerprint density at radius 2 is 1.94 bits per heavy atom. The lowest BCUT2D eigenvalue weighted by molar-refractivity contribution is 0.0950. The molecule has 0 radical (unpaired) electrons. The highest BCUT2D eigenvalue weighted by atomic mass is 32.2. The number of amides is 1. The summed E-state index contributed by atoms with van der Waals surface area (Å²) in [6.45, 7) is 6.65. The molecule has 0 saturated carbocycles. The van der Waals surface area contributed by atoms with Gasteiger partial charge in [0.1, 0.15) is 10.8 Å². The molecule has 0 bridgehead atoms.